The highest BCUT2D eigenvalue weighted by molar-refractivity contribution is 7.08. The summed E-state index contributed by atoms with van der Waals surface area (Å²) in [5.74, 6) is 0.0834. The standard InChI is InChI=1S/C16H16N2O2S/c19-16(10-12-7-9-21-11-12)18-8-3-5-14(17-20)13-4-1-2-6-15(13)18/h1-2,4,6-7,9,11,20H,3,5,8,10H2/b17-14-. The van der Waals surface area contributed by atoms with E-state index in [4.69, 9.17) is 0 Å². The molecule has 0 bridgehead atoms. The molecule has 1 N–H and O–H groups in total. The van der Waals surface area contributed by atoms with Crippen molar-refractivity contribution in [2.24, 2.45) is 5.16 Å². The Labute approximate surface area is 127 Å². The fourth-order valence-electron chi connectivity index (χ4n) is 2.64. The minimum Gasteiger partial charge on any atom is -0.411 e. The molecule has 108 valence electrons. The second-order valence-electron chi connectivity index (χ2n) is 5.02. The van der Waals surface area contributed by atoms with Gasteiger partial charge < -0.3 is 10.1 Å². The molecule has 0 aliphatic carbocycles. The predicted octanol–water partition coefficient (Wildman–Crippen LogP) is 3.30. The van der Waals surface area contributed by atoms with Gasteiger partial charge in [0.25, 0.3) is 0 Å². The topological polar surface area (TPSA) is 52.9 Å². The average Bonchev–Trinajstić information content (AvgIpc) is 2.93. The highest BCUT2D eigenvalue weighted by Gasteiger charge is 2.24. The number of hydrogen-bond donors (Lipinski definition) is 1. The largest absolute Gasteiger partial charge is 0.411 e. The lowest BCUT2D eigenvalue weighted by Crippen LogP contribution is -2.33. The number of amides is 1. The van der Waals surface area contributed by atoms with Gasteiger partial charge in [-0.15, -0.1) is 0 Å². The van der Waals surface area contributed by atoms with Crippen molar-refractivity contribution >= 4 is 28.6 Å². The Morgan fingerprint density at radius 2 is 2.19 bits per heavy atom. The van der Waals surface area contributed by atoms with E-state index in [-0.39, 0.29) is 5.91 Å². The van der Waals surface area contributed by atoms with Crippen molar-refractivity contribution in [1.29, 1.82) is 0 Å². The summed E-state index contributed by atoms with van der Waals surface area (Å²) >= 11 is 1.60. The molecule has 1 aromatic carbocycles. The first-order chi connectivity index (χ1) is 10.3. The van der Waals surface area contributed by atoms with E-state index in [2.05, 4.69) is 5.16 Å². The van der Waals surface area contributed by atoms with Crippen molar-refractivity contribution < 1.29 is 10.0 Å². The van der Waals surface area contributed by atoms with Crippen LogP contribution in [0.3, 0.4) is 0 Å². The molecule has 2 aromatic rings. The van der Waals surface area contributed by atoms with Gasteiger partial charge in [0.2, 0.25) is 5.91 Å². The minimum atomic E-state index is 0.0834. The summed E-state index contributed by atoms with van der Waals surface area (Å²) in [4.78, 5) is 14.4. The minimum absolute atomic E-state index is 0.0834. The number of thiophene rings is 1. The molecule has 2 heterocycles. The maximum atomic E-state index is 12.6. The number of rotatable bonds is 2. The van der Waals surface area contributed by atoms with Gasteiger partial charge in [-0.25, -0.2) is 0 Å². The smallest absolute Gasteiger partial charge is 0.231 e. The van der Waals surface area contributed by atoms with Crippen molar-refractivity contribution in [1.82, 2.24) is 0 Å². The van der Waals surface area contributed by atoms with E-state index in [1.807, 2.05) is 46.0 Å². The molecule has 0 fully saturated rings. The van der Waals surface area contributed by atoms with Crippen molar-refractivity contribution in [2.45, 2.75) is 19.3 Å². The van der Waals surface area contributed by atoms with Gasteiger partial charge in [0.05, 0.1) is 17.8 Å². The molecule has 0 radical (unpaired) electrons. The van der Waals surface area contributed by atoms with E-state index in [0.717, 1.165) is 23.2 Å². The number of hydrogen-bond acceptors (Lipinski definition) is 4. The second-order valence-corrected chi connectivity index (χ2v) is 5.80. The SMILES string of the molecule is O=C(Cc1ccsc1)N1CCC/C(=N/O)c2ccccc21. The molecule has 5 heteroatoms. The Bertz CT molecular complexity index is 665. The lowest BCUT2D eigenvalue weighted by molar-refractivity contribution is -0.118. The van der Waals surface area contributed by atoms with E-state index in [1.165, 1.54) is 0 Å². The van der Waals surface area contributed by atoms with Gasteiger partial charge in [-0.3, -0.25) is 4.79 Å². The summed E-state index contributed by atoms with van der Waals surface area (Å²) in [6.45, 7) is 0.652. The molecule has 0 atom stereocenters. The van der Waals surface area contributed by atoms with Crippen LogP contribution in [0.2, 0.25) is 0 Å². The van der Waals surface area contributed by atoms with Gasteiger partial charge in [-0.05, 0) is 41.3 Å². The van der Waals surface area contributed by atoms with E-state index in [0.29, 0.717) is 25.1 Å². The van der Waals surface area contributed by atoms with Crippen molar-refractivity contribution in [3.8, 4) is 0 Å². The van der Waals surface area contributed by atoms with Gasteiger partial charge in [0.15, 0.2) is 0 Å². The molecular weight excluding hydrogens is 284 g/mol. The van der Waals surface area contributed by atoms with Gasteiger partial charge >= 0.3 is 0 Å². The van der Waals surface area contributed by atoms with Crippen molar-refractivity contribution in [3.63, 3.8) is 0 Å². The van der Waals surface area contributed by atoms with Gasteiger partial charge in [-0.2, -0.15) is 11.3 Å². The molecule has 1 aliphatic rings. The molecule has 3 rings (SSSR count). The Balaban J connectivity index is 1.93. The Hall–Kier alpha value is -2.14. The molecule has 4 nitrogen and oxygen atoms in total. The maximum absolute atomic E-state index is 12.6. The third-order valence-electron chi connectivity index (χ3n) is 3.66. The van der Waals surface area contributed by atoms with Gasteiger partial charge in [0, 0.05) is 12.1 Å². The zero-order chi connectivity index (χ0) is 14.7. The lowest BCUT2D eigenvalue weighted by Gasteiger charge is -2.22. The zero-order valence-corrected chi connectivity index (χ0v) is 12.3. The summed E-state index contributed by atoms with van der Waals surface area (Å²) in [5, 5.41) is 16.6. The number of para-hydroxylation sites is 1. The number of nitrogens with zero attached hydrogens (tertiary/aromatic N) is 2. The summed E-state index contributed by atoms with van der Waals surface area (Å²) in [5.41, 5.74) is 3.37. The first-order valence-electron chi connectivity index (χ1n) is 6.91. The molecule has 0 unspecified atom stereocenters. The van der Waals surface area contributed by atoms with Crippen LogP contribution in [0.4, 0.5) is 5.69 Å². The van der Waals surface area contributed by atoms with Crippen LogP contribution in [0.5, 0.6) is 0 Å². The fourth-order valence-corrected chi connectivity index (χ4v) is 3.31. The summed E-state index contributed by atoms with van der Waals surface area (Å²) in [6, 6.07) is 9.60. The highest BCUT2D eigenvalue weighted by atomic mass is 32.1. The Morgan fingerprint density at radius 1 is 1.33 bits per heavy atom. The molecule has 0 saturated carbocycles. The zero-order valence-electron chi connectivity index (χ0n) is 11.5. The lowest BCUT2D eigenvalue weighted by atomic mass is 10.1. The molecule has 0 saturated heterocycles. The predicted molar refractivity (Wildman–Crippen MR) is 84.4 cm³/mol. The van der Waals surface area contributed by atoms with E-state index in [9.17, 15) is 10.0 Å². The van der Waals surface area contributed by atoms with Crippen LogP contribution >= 0.6 is 11.3 Å². The number of carbonyl (C=O) groups excluding carboxylic acids is 1. The van der Waals surface area contributed by atoms with E-state index in [1.54, 1.807) is 11.3 Å². The van der Waals surface area contributed by atoms with Crippen molar-refractivity contribution in [2.75, 3.05) is 11.4 Å². The molecular formula is C16H16N2O2S. The van der Waals surface area contributed by atoms with Crippen LogP contribution in [0.25, 0.3) is 0 Å². The first-order valence-corrected chi connectivity index (χ1v) is 7.85. The third-order valence-corrected chi connectivity index (χ3v) is 4.39. The van der Waals surface area contributed by atoms with Gasteiger partial charge in [-0.1, -0.05) is 23.4 Å². The van der Waals surface area contributed by atoms with Crippen LogP contribution < -0.4 is 4.90 Å². The molecule has 1 amide bonds. The molecule has 1 aromatic heterocycles. The molecule has 21 heavy (non-hydrogen) atoms. The number of anilines is 1. The quantitative estimate of drug-likeness (QED) is 0.683. The monoisotopic (exact) mass is 300 g/mol. The van der Waals surface area contributed by atoms with Crippen molar-refractivity contribution in [3.05, 3.63) is 52.2 Å². The van der Waals surface area contributed by atoms with Gasteiger partial charge in [0.1, 0.15) is 0 Å². The number of oxime groups is 1. The highest BCUT2D eigenvalue weighted by Crippen LogP contribution is 2.27. The van der Waals surface area contributed by atoms with Crippen LogP contribution in [-0.4, -0.2) is 23.4 Å². The maximum Gasteiger partial charge on any atom is 0.231 e. The molecule has 0 spiro atoms. The number of benzene rings is 1. The van der Waals surface area contributed by atoms with E-state index < -0.39 is 0 Å². The van der Waals surface area contributed by atoms with Crippen LogP contribution in [0.15, 0.2) is 46.2 Å². The fraction of sp³-hybridized carbons (Fsp3) is 0.250. The van der Waals surface area contributed by atoms with Crippen LogP contribution in [0.1, 0.15) is 24.0 Å². The number of carbonyl (C=O) groups is 1. The average molecular weight is 300 g/mol. The van der Waals surface area contributed by atoms with Crippen LogP contribution in [0, 0.1) is 0 Å². The Kier molecular flexibility index (Phi) is 4.01. The normalized spacial score (nSPS) is 16.6. The Morgan fingerprint density at radius 3 is 2.95 bits per heavy atom. The summed E-state index contributed by atoms with van der Waals surface area (Å²) < 4.78 is 0. The first kappa shape index (κ1) is 13.8. The van der Waals surface area contributed by atoms with Crippen LogP contribution in [-0.2, 0) is 11.2 Å². The summed E-state index contributed by atoms with van der Waals surface area (Å²) in [7, 11) is 0. The third kappa shape index (κ3) is 2.83. The molecule has 1 aliphatic heterocycles. The second kappa shape index (κ2) is 6.10. The van der Waals surface area contributed by atoms with E-state index >= 15 is 0 Å². The number of fused-ring (bicyclic) bond motifs is 1. The summed E-state index contributed by atoms with van der Waals surface area (Å²) in [6.07, 6.45) is 1.88.